The van der Waals surface area contributed by atoms with Gasteiger partial charge in [0.15, 0.2) is 0 Å². The van der Waals surface area contributed by atoms with Crippen molar-refractivity contribution in [2.45, 2.75) is 0 Å². The van der Waals surface area contributed by atoms with Crippen molar-refractivity contribution < 1.29 is 28.0 Å². The fourth-order valence-corrected chi connectivity index (χ4v) is 0.346. The van der Waals surface area contributed by atoms with E-state index >= 15 is 0 Å². The van der Waals surface area contributed by atoms with Crippen molar-refractivity contribution in [3.8, 4) is 0 Å². The molecule has 7 nitrogen and oxygen atoms in total. The maximum absolute atomic E-state index is 9.63. The van der Waals surface area contributed by atoms with Crippen molar-refractivity contribution in [2.24, 2.45) is 5.73 Å². The molecule has 0 radical (unpaired) electrons. The van der Waals surface area contributed by atoms with Gasteiger partial charge in [0.2, 0.25) is 0 Å². The Morgan fingerprint density at radius 3 is 1.75 bits per heavy atom. The van der Waals surface area contributed by atoms with Crippen LogP contribution < -0.4 is 5.73 Å². The number of rotatable bonds is 3. The average molecular weight is 201 g/mol. The number of hydrogen-bond donors (Lipinski definition) is 4. The van der Waals surface area contributed by atoms with Crippen LogP contribution in [0.2, 0.25) is 0 Å². The Morgan fingerprint density at radius 1 is 1.42 bits per heavy atom. The molecule has 0 bridgehead atoms. The summed E-state index contributed by atoms with van der Waals surface area (Å²) in [5, 5.41) is 15.5. The largest absolute Gasteiger partial charge is 0.480 e. The Labute approximate surface area is 69.6 Å². The van der Waals surface area contributed by atoms with Gasteiger partial charge >= 0.3 is 5.97 Å². The van der Waals surface area contributed by atoms with Gasteiger partial charge in [0.25, 0.3) is 10.1 Å². The van der Waals surface area contributed by atoms with E-state index in [2.05, 4.69) is 5.73 Å². The summed E-state index contributed by atoms with van der Waals surface area (Å²) in [5.74, 6) is -1.54. The molecule has 0 aromatic heterocycles. The van der Waals surface area contributed by atoms with E-state index in [0.29, 0.717) is 0 Å². The second kappa shape index (κ2) is 6.98. The van der Waals surface area contributed by atoms with Gasteiger partial charge in [-0.2, -0.15) is 8.42 Å². The molecule has 0 heterocycles. The molecule has 5 N–H and O–H groups in total. The van der Waals surface area contributed by atoms with Gasteiger partial charge < -0.3 is 15.9 Å². The summed E-state index contributed by atoms with van der Waals surface area (Å²) in [6, 6.07) is 0. The van der Waals surface area contributed by atoms with Gasteiger partial charge in [-0.25, -0.2) is 0 Å². The molecule has 0 aromatic carbocycles. The molecular formula is C4H11NO6S. The van der Waals surface area contributed by atoms with Gasteiger partial charge in [-0.3, -0.25) is 9.35 Å². The molecule has 0 aliphatic heterocycles. The molecule has 0 aliphatic rings. The lowest BCUT2D eigenvalue weighted by atomic mass is 10.7. The first kappa shape index (κ1) is 13.9. The molecule has 0 aliphatic carbocycles. The van der Waals surface area contributed by atoms with Crippen LogP contribution in [-0.2, 0) is 14.9 Å². The molecule has 0 atom stereocenters. The van der Waals surface area contributed by atoms with E-state index in [1.807, 2.05) is 0 Å². The molecule has 0 saturated carbocycles. The monoisotopic (exact) mass is 201 g/mol. The van der Waals surface area contributed by atoms with E-state index in [9.17, 15) is 13.2 Å². The molecule has 0 rings (SSSR count). The predicted octanol–water partition coefficient (Wildman–Crippen LogP) is -2.10. The molecule has 0 amide bonds. The molecule has 0 spiro atoms. The molecule has 0 aromatic rings. The lowest BCUT2D eigenvalue weighted by Gasteiger charge is -1.85. The first-order valence-corrected chi connectivity index (χ1v) is 4.42. The maximum atomic E-state index is 9.63. The summed E-state index contributed by atoms with van der Waals surface area (Å²) in [4.78, 5) is 9.24. The number of aliphatic hydroxyl groups excluding tert-OH is 1. The Kier molecular flexibility index (Phi) is 8.06. The molecular weight excluding hydrogens is 190 g/mol. The summed E-state index contributed by atoms with van der Waals surface area (Å²) >= 11 is 0. The Hall–Kier alpha value is -0.700. The third-order valence-corrected chi connectivity index (χ3v) is 1.22. The second-order valence-electron chi connectivity index (χ2n) is 1.61. The molecule has 0 saturated heterocycles. The Balaban J connectivity index is 0. The highest BCUT2D eigenvalue weighted by Gasteiger charge is 1.99. The minimum atomic E-state index is -3.92. The highest BCUT2D eigenvalue weighted by Crippen LogP contribution is 1.75. The highest BCUT2D eigenvalue weighted by atomic mass is 32.2. The van der Waals surface area contributed by atoms with E-state index in [1.54, 1.807) is 0 Å². The standard InChI is InChI=1S/C2H5NO2.C2H6O4S/c3-1-2(4)5;3-1-2-7(4,5)6/h1,3H2,(H,4,5);3H,1-2H2,(H,4,5,6). The van der Waals surface area contributed by atoms with Crippen molar-refractivity contribution in [3.05, 3.63) is 0 Å². The average Bonchev–Trinajstić information content (AvgIpc) is 1.86. The van der Waals surface area contributed by atoms with E-state index in [1.165, 1.54) is 0 Å². The third-order valence-electron chi connectivity index (χ3n) is 0.524. The number of carboxylic acid groups (broad SMARTS) is 1. The van der Waals surface area contributed by atoms with Crippen molar-refractivity contribution in [3.63, 3.8) is 0 Å². The topological polar surface area (TPSA) is 138 Å². The maximum Gasteiger partial charge on any atom is 0.317 e. The predicted molar refractivity (Wildman–Crippen MR) is 40.2 cm³/mol. The number of hydrogen-bond acceptors (Lipinski definition) is 5. The second-order valence-corrected chi connectivity index (χ2v) is 3.18. The number of aliphatic hydroxyl groups is 1. The number of carboxylic acids is 1. The summed E-state index contributed by atoms with van der Waals surface area (Å²) in [6.45, 7) is -0.807. The van der Waals surface area contributed by atoms with Crippen LogP contribution in [0.3, 0.4) is 0 Å². The van der Waals surface area contributed by atoms with Gasteiger partial charge in [-0.1, -0.05) is 0 Å². The summed E-state index contributed by atoms with van der Waals surface area (Å²) in [5.41, 5.74) is 4.57. The van der Waals surface area contributed by atoms with Crippen LogP contribution in [0.15, 0.2) is 0 Å². The smallest absolute Gasteiger partial charge is 0.317 e. The van der Waals surface area contributed by atoms with Gasteiger partial charge in [0.1, 0.15) is 0 Å². The fourth-order valence-electron chi connectivity index (χ4n) is 0.115. The molecule has 0 fully saturated rings. The number of carbonyl (C=O) groups is 1. The van der Waals surface area contributed by atoms with Crippen LogP contribution in [0, 0.1) is 0 Å². The van der Waals surface area contributed by atoms with E-state index in [4.69, 9.17) is 14.8 Å². The van der Waals surface area contributed by atoms with Crippen LogP contribution in [0.5, 0.6) is 0 Å². The van der Waals surface area contributed by atoms with Crippen molar-refractivity contribution in [1.29, 1.82) is 0 Å². The summed E-state index contributed by atoms with van der Waals surface area (Å²) in [7, 11) is -3.92. The first-order chi connectivity index (χ1) is 5.33. The van der Waals surface area contributed by atoms with Crippen LogP contribution >= 0.6 is 0 Å². The Morgan fingerprint density at radius 2 is 1.75 bits per heavy atom. The van der Waals surface area contributed by atoms with E-state index in [0.717, 1.165) is 0 Å². The van der Waals surface area contributed by atoms with Gasteiger partial charge in [-0.05, 0) is 0 Å². The molecule has 0 unspecified atom stereocenters. The van der Waals surface area contributed by atoms with Gasteiger partial charge in [0, 0.05) is 0 Å². The van der Waals surface area contributed by atoms with Crippen LogP contribution in [0.4, 0.5) is 0 Å². The highest BCUT2D eigenvalue weighted by molar-refractivity contribution is 7.85. The van der Waals surface area contributed by atoms with Gasteiger partial charge in [-0.15, -0.1) is 0 Å². The van der Waals surface area contributed by atoms with Crippen molar-refractivity contribution >= 4 is 16.1 Å². The van der Waals surface area contributed by atoms with E-state index in [-0.39, 0.29) is 6.54 Å². The third kappa shape index (κ3) is 22.8. The van der Waals surface area contributed by atoms with Crippen LogP contribution in [-0.4, -0.2) is 48.1 Å². The molecule has 74 valence electrons. The van der Waals surface area contributed by atoms with E-state index < -0.39 is 28.4 Å². The zero-order valence-electron chi connectivity index (χ0n) is 6.17. The lowest BCUT2D eigenvalue weighted by Crippen LogP contribution is -2.10. The molecule has 12 heavy (non-hydrogen) atoms. The zero-order chi connectivity index (χ0) is 10.2. The molecule has 8 heteroatoms. The van der Waals surface area contributed by atoms with Crippen LogP contribution in [0.25, 0.3) is 0 Å². The first-order valence-electron chi connectivity index (χ1n) is 2.81. The summed E-state index contributed by atoms with van der Waals surface area (Å²) < 4.78 is 27.1. The minimum Gasteiger partial charge on any atom is -0.480 e. The van der Waals surface area contributed by atoms with Crippen LogP contribution in [0.1, 0.15) is 0 Å². The quantitative estimate of drug-likeness (QED) is 0.383. The number of nitrogens with two attached hydrogens (primary N) is 1. The van der Waals surface area contributed by atoms with Crippen molar-refractivity contribution in [1.82, 2.24) is 0 Å². The SMILES string of the molecule is NCC(=O)O.O=S(=O)(O)CCO. The fraction of sp³-hybridized carbons (Fsp3) is 0.750. The lowest BCUT2D eigenvalue weighted by molar-refractivity contribution is -0.135. The Bertz CT molecular complexity index is 210. The zero-order valence-corrected chi connectivity index (χ0v) is 6.99. The minimum absolute atomic E-state index is 0.278. The summed E-state index contributed by atoms with van der Waals surface area (Å²) in [6.07, 6.45) is 0. The normalized spacial score (nSPS) is 9.92. The van der Waals surface area contributed by atoms with Crippen molar-refractivity contribution in [2.75, 3.05) is 18.9 Å². The number of aliphatic carboxylic acids is 1. The van der Waals surface area contributed by atoms with Gasteiger partial charge in [0.05, 0.1) is 18.9 Å².